The molecule has 0 aliphatic carbocycles. The maximum atomic E-state index is 5.81. The molecule has 1 atom stereocenters. The summed E-state index contributed by atoms with van der Waals surface area (Å²) in [7, 11) is 0. The number of aliphatic imine (C=N–C) groups is 1. The van der Waals surface area contributed by atoms with Crippen LogP contribution in [0.1, 0.15) is 31.2 Å². The first-order valence-electron chi connectivity index (χ1n) is 4.21. The molecule has 1 heterocycles. The molecule has 0 spiro atoms. The van der Waals surface area contributed by atoms with E-state index in [2.05, 4.69) is 4.99 Å². The van der Waals surface area contributed by atoms with Gasteiger partial charge in [0, 0.05) is 11.3 Å². The predicted octanol–water partition coefficient (Wildman–Crippen LogP) is 3.23. The summed E-state index contributed by atoms with van der Waals surface area (Å²) in [5.41, 5.74) is 5.64. The van der Waals surface area contributed by atoms with Crippen molar-refractivity contribution in [1.82, 2.24) is 0 Å². The maximum Gasteiger partial charge on any atom is 0.0942 e. The number of thiophene rings is 1. The lowest BCUT2D eigenvalue weighted by Gasteiger charge is -2.03. The van der Waals surface area contributed by atoms with Crippen molar-refractivity contribution in [3.63, 3.8) is 0 Å². The fourth-order valence-corrected chi connectivity index (χ4v) is 2.01. The third-order valence-corrected chi connectivity index (χ3v) is 3.13. The SMILES string of the molecule is CCC(N)=NC(C)c1ccc(Cl)s1. The summed E-state index contributed by atoms with van der Waals surface area (Å²) in [6, 6.07) is 4.00. The average Bonchev–Trinajstić information content (AvgIpc) is 2.51. The van der Waals surface area contributed by atoms with Crippen molar-refractivity contribution < 1.29 is 0 Å². The summed E-state index contributed by atoms with van der Waals surface area (Å²) in [6.07, 6.45) is 0.795. The van der Waals surface area contributed by atoms with Gasteiger partial charge in [0.1, 0.15) is 0 Å². The highest BCUT2D eigenvalue weighted by molar-refractivity contribution is 7.16. The Bertz CT molecular complexity index is 306. The van der Waals surface area contributed by atoms with Gasteiger partial charge in [-0.1, -0.05) is 18.5 Å². The van der Waals surface area contributed by atoms with E-state index >= 15 is 0 Å². The van der Waals surface area contributed by atoms with Crippen molar-refractivity contribution in [3.05, 3.63) is 21.3 Å². The summed E-state index contributed by atoms with van der Waals surface area (Å²) >= 11 is 7.36. The molecule has 0 bridgehead atoms. The monoisotopic (exact) mass is 216 g/mol. The highest BCUT2D eigenvalue weighted by atomic mass is 35.5. The largest absolute Gasteiger partial charge is 0.387 e. The van der Waals surface area contributed by atoms with Crippen molar-refractivity contribution in [2.45, 2.75) is 26.3 Å². The minimum Gasteiger partial charge on any atom is -0.387 e. The topological polar surface area (TPSA) is 38.4 Å². The van der Waals surface area contributed by atoms with Gasteiger partial charge in [-0.05, 0) is 19.1 Å². The van der Waals surface area contributed by atoms with E-state index in [0.717, 1.165) is 15.6 Å². The minimum absolute atomic E-state index is 0.123. The Morgan fingerprint density at radius 3 is 2.85 bits per heavy atom. The van der Waals surface area contributed by atoms with Crippen molar-refractivity contribution in [3.8, 4) is 0 Å². The molecule has 72 valence electrons. The lowest BCUT2D eigenvalue weighted by atomic mass is 10.3. The zero-order chi connectivity index (χ0) is 9.84. The lowest BCUT2D eigenvalue weighted by Crippen LogP contribution is -2.10. The van der Waals surface area contributed by atoms with E-state index in [1.807, 2.05) is 26.0 Å². The van der Waals surface area contributed by atoms with Crippen LogP contribution in [-0.4, -0.2) is 5.84 Å². The summed E-state index contributed by atoms with van der Waals surface area (Å²) < 4.78 is 0.798. The molecule has 1 rings (SSSR count). The molecule has 2 N–H and O–H groups in total. The van der Waals surface area contributed by atoms with Crippen LogP contribution in [0.15, 0.2) is 17.1 Å². The summed E-state index contributed by atoms with van der Waals surface area (Å²) in [4.78, 5) is 5.48. The van der Waals surface area contributed by atoms with Gasteiger partial charge < -0.3 is 5.73 Å². The van der Waals surface area contributed by atoms with Gasteiger partial charge in [-0.3, -0.25) is 4.99 Å². The standard InChI is InChI=1S/C9H13ClN2S/c1-3-9(11)12-6(2)7-4-5-8(10)13-7/h4-6H,3H2,1-2H3,(H2,11,12). The van der Waals surface area contributed by atoms with E-state index in [1.165, 1.54) is 0 Å². The predicted molar refractivity (Wildman–Crippen MR) is 59.7 cm³/mol. The van der Waals surface area contributed by atoms with Gasteiger partial charge in [-0.25, -0.2) is 0 Å². The van der Waals surface area contributed by atoms with Crippen molar-refractivity contribution >= 4 is 28.8 Å². The van der Waals surface area contributed by atoms with Crippen LogP contribution in [0.4, 0.5) is 0 Å². The molecule has 0 saturated carbocycles. The maximum absolute atomic E-state index is 5.81. The third kappa shape index (κ3) is 3.01. The number of halogens is 1. The number of hydrogen-bond acceptors (Lipinski definition) is 2. The molecule has 1 aromatic heterocycles. The normalized spacial score (nSPS) is 14.5. The third-order valence-electron chi connectivity index (χ3n) is 1.73. The minimum atomic E-state index is 0.123. The van der Waals surface area contributed by atoms with E-state index in [-0.39, 0.29) is 6.04 Å². The number of rotatable bonds is 3. The number of nitrogens with two attached hydrogens (primary N) is 1. The van der Waals surface area contributed by atoms with E-state index in [9.17, 15) is 0 Å². The second-order valence-electron chi connectivity index (χ2n) is 2.79. The summed E-state index contributed by atoms with van der Waals surface area (Å²) in [6.45, 7) is 4.01. The smallest absolute Gasteiger partial charge is 0.0942 e. The van der Waals surface area contributed by atoms with Gasteiger partial charge in [-0.2, -0.15) is 0 Å². The van der Waals surface area contributed by atoms with E-state index in [4.69, 9.17) is 17.3 Å². The van der Waals surface area contributed by atoms with Gasteiger partial charge in [0.2, 0.25) is 0 Å². The zero-order valence-electron chi connectivity index (χ0n) is 7.75. The summed E-state index contributed by atoms with van der Waals surface area (Å²) in [5.74, 6) is 0.692. The van der Waals surface area contributed by atoms with Crippen molar-refractivity contribution in [1.29, 1.82) is 0 Å². The molecule has 0 aliphatic rings. The zero-order valence-corrected chi connectivity index (χ0v) is 9.32. The Morgan fingerprint density at radius 1 is 1.69 bits per heavy atom. The second kappa shape index (κ2) is 4.63. The fraction of sp³-hybridized carbons (Fsp3) is 0.444. The van der Waals surface area contributed by atoms with Crippen LogP contribution < -0.4 is 5.73 Å². The van der Waals surface area contributed by atoms with Crippen LogP contribution in [0.3, 0.4) is 0 Å². The molecule has 0 radical (unpaired) electrons. The molecular formula is C9H13ClN2S. The average molecular weight is 217 g/mol. The van der Waals surface area contributed by atoms with Crippen molar-refractivity contribution in [2.24, 2.45) is 10.7 Å². The highest BCUT2D eigenvalue weighted by Gasteiger charge is 2.06. The van der Waals surface area contributed by atoms with Crippen LogP contribution in [0.25, 0.3) is 0 Å². The molecule has 0 aliphatic heterocycles. The molecule has 2 nitrogen and oxygen atoms in total. The number of amidine groups is 1. The van der Waals surface area contributed by atoms with Crippen LogP contribution in [0.5, 0.6) is 0 Å². The van der Waals surface area contributed by atoms with E-state index in [1.54, 1.807) is 11.3 Å². The Hall–Kier alpha value is -0.540. The van der Waals surface area contributed by atoms with Crippen molar-refractivity contribution in [2.75, 3.05) is 0 Å². The molecule has 1 unspecified atom stereocenters. The van der Waals surface area contributed by atoms with Crippen LogP contribution in [0, 0.1) is 0 Å². The van der Waals surface area contributed by atoms with E-state index in [0.29, 0.717) is 5.84 Å². The Labute approximate surface area is 87.4 Å². The molecule has 13 heavy (non-hydrogen) atoms. The first-order valence-corrected chi connectivity index (χ1v) is 5.40. The van der Waals surface area contributed by atoms with Gasteiger partial charge in [0.05, 0.1) is 16.2 Å². The molecule has 0 amide bonds. The van der Waals surface area contributed by atoms with Gasteiger partial charge in [0.25, 0.3) is 0 Å². The number of hydrogen-bond donors (Lipinski definition) is 1. The summed E-state index contributed by atoms with van der Waals surface area (Å²) in [5, 5.41) is 0. The van der Waals surface area contributed by atoms with E-state index < -0.39 is 0 Å². The second-order valence-corrected chi connectivity index (χ2v) is 4.54. The Kier molecular flexibility index (Phi) is 3.75. The Balaban J connectivity index is 2.74. The van der Waals surface area contributed by atoms with Crippen LogP contribution in [0.2, 0.25) is 4.34 Å². The van der Waals surface area contributed by atoms with Crippen LogP contribution in [-0.2, 0) is 0 Å². The number of nitrogens with zero attached hydrogens (tertiary/aromatic N) is 1. The molecular weight excluding hydrogens is 204 g/mol. The van der Waals surface area contributed by atoms with Gasteiger partial charge in [-0.15, -0.1) is 11.3 Å². The lowest BCUT2D eigenvalue weighted by molar-refractivity contribution is 0.831. The molecule has 0 fully saturated rings. The van der Waals surface area contributed by atoms with Gasteiger partial charge >= 0.3 is 0 Å². The molecule has 0 saturated heterocycles. The molecule has 0 aromatic carbocycles. The quantitative estimate of drug-likeness (QED) is 0.612. The molecule has 1 aromatic rings. The fourth-order valence-electron chi connectivity index (χ4n) is 0.956. The van der Waals surface area contributed by atoms with Gasteiger partial charge in [0.15, 0.2) is 0 Å². The Morgan fingerprint density at radius 2 is 2.38 bits per heavy atom. The first kappa shape index (κ1) is 10.5. The van der Waals surface area contributed by atoms with Crippen LogP contribution >= 0.6 is 22.9 Å². The molecule has 4 heteroatoms. The first-order chi connectivity index (χ1) is 6.13. The highest BCUT2D eigenvalue weighted by Crippen LogP contribution is 2.28.